The number of carbonyl (C=O) groups is 2. The van der Waals surface area contributed by atoms with E-state index in [0.717, 1.165) is 55.5 Å². The number of fused-ring (bicyclic) bond motifs is 4. The zero-order valence-corrected chi connectivity index (χ0v) is 22.0. The van der Waals surface area contributed by atoms with E-state index in [2.05, 4.69) is 57.9 Å². The van der Waals surface area contributed by atoms with Crippen LogP contribution in [0.4, 0.5) is 0 Å². The smallest absolute Gasteiger partial charge is 0.254 e. The maximum absolute atomic E-state index is 13.3. The van der Waals surface area contributed by atoms with Crippen molar-refractivity contribution in [2.75, 3.05) is 0 Å². The van der Waals surface area contributed by atoms with Gasteiger partial charge in [0, 0.05) is 38.6 Å². The number of rotatable bonds is 5. The summed E-state index contributed by atoms with van der Waals surface area (Å²) < 4.78 is 3.43. The minimum absolute atomic E-state index is 0.184. The van der Waals surface area contributed by atoms with Crippen LogP contribution in [0.3, 0.4) is 0 Å². The summed E-state index contributed by atoms with van der Waals surface area (Å²) in [4.78, 5) is 26.1. The van der Waals surface area contributed by atoms with E-state index in [1.807, 2.05) is 61.5 Å². The van der Waals surface area contributed by atoms with Gasteiger partial charge in [0.2, 0.25) is 0 Å². The SMILES string of the molecule is C=CC(=O)n1c(C)c(/C=C(\C=C)C2=CC(C)(C)C=Cc3c2n(C(=O)C=C)c2ccccc32)c2ccccc21. The molecule has 2 aromatic carbocycles. The Hall–Kier alpha value is -4.70. The molecule has 38 heavy (non-hydrogen) atoms. The normalized spacial score (nSPS) is 14.6. The van der Waals surface area contributed by atoms with E-state index in [9.17, 15) is 9.59 Å². The molecule has 4 aromatic rings. The Morgan fingerprint density at radius 3 is 2.03 bits per heavy atom. The molecule has 2 aromatic heterocycles. The number of carbonyl (C=O) groups excluding carboxylic acids is 2. The highest BCUT2D eigenvalue weighted by Gasteiger charge is 2.28. The number of allylic oxidation sites excluding steroid dienone is 7. The van der Waals surface area contributed by atoms with Gasteiger partial charge in [0.05, 0.1) is 16.7 Å². The van der Waals surface area contributed by atoms with Crippen LogP contribution in [-0.4, -0.2) is 20.9 Å². The molecule has 0 spiro atoms. The zero-order valence-electron chi connectivity index (χ0n) is 22.0. The Morgan fingerprint density at radius 1 is 0.816 bits per heavy atom. The van der Waals surface area contributed by atoms with Crippen LogP contribution in [0.2, 0.25) is 0 Å². The van der Waals surface area contributed by atoms with Crippen molar-refractivity contribution in [1.29, 1.82) is 0 Å². The van der Waals surface area contributed by atoms with Crippen molar-refractivity contribution in [1.82, 2.24) is 9.13 Å². The third-order valence-electron chi connectivity index (χ3n) is 7.15. The van der Waals surface area contributed by atoms with Crippen LogP contribution < -0.4 is 0 Å². The highest BCUT2D eigenvalue weighted by atomic mass is 16.2. The topological polar surface area (TPSA) is 44.0 Å². The molecule has 0 atom stereocenters. The molecule has 0 N–H and O–H groups in total. The maximum Gasteiger partial charge on any atom is 0.254 e. The van der Waals surface area contributed by atoms with E-state index in [-0.39, 0.29) is 17.2 Å². The molecule has 4 heteroatoms. The lowest BCUT2D eigenvalue weighted by Gasteiger charge is -2.19. The van der Waals surface area contributed by atoms with Crippen LogP contribution >= 0.6 is 0 Å². The molecule has 188 valence electrons. The fourth-order valence-electron chi connectivity index (χ4n) is 5.38. The first-order chi connectivity index (χ1) is 18.2. The van der Waals surface area contributed by atoms with Crippen LogP contribution in [0.5, 0.6) is 0 Å². The largest absolute Gasteiger partial charge is 0.280 e. The average Bonchev–Trinajstić information content (AvgIpc) is 3.34. The summed E-state index contributed by atoms with van der Waals surface area (Å²) in [5, 5.41) is 1.94. The molecular formula is C34H30N2O2. The van der Waals surface area contributed by atoms with Crippen LogP contribution in [0.25, 0.3) is 39.5 Å². The Bertz CT molecular complexity index is 1780. The van der Waals surface area contributed by atoms with Crippen molar-refractivity contribution in [2.24, 2.45) is 5.41 Å². The molecule has 2 heterocycles. The van der Waals surface area contributed by atoms with Gasteiger partial charge in [0.1, 0.15) is 0 Å². The van der Waals surface area contributed by atoms with E-state index in [0.29, 0.717) is 0 Å². The standard InChI is InChI=1S/C34H30N2O2/c1-7-23(20-27-22(4)35(31(37)8-2)29-16-12-11-15-25(27)29)28-21-34(5,6)19-18-26-24-14-10-13-17-30(24)36(33(26)28)32(38)9-3/h7-21H,1-3H2,4-6H3/b23-20+. The fraction of sp³-hybridized carbons (Fsp3) is 0.118. The molecule has 0 bridgehead atoms. The molecule has 0 unspecified atom stereocenters. The number of para-hydroxylation sites is 2. The number of nitrogens with zero attached hydrogens (tertiary/aromatic N) is 2. The van der Waals surface area contributed by atoms with E-state index < -0.39 is 0 Å². The number of aromatic nitrogens is 2. The van der Waals surface area contributed by atoms with Crippen LogP contribution in [0.15, 0.2) is 104 Å². The van der Waals surface area contributed by atoms with Crippen molar-refractivity contribution in [2.45, 2.75) is 20.8 Å². The van der Waals surface area contributed by atoms with Crippen LogP contribution in [-0.2, 0) is 0 Å². The second-order valence-corrected chi connectivity index (χ2v) is 10.1. The Labute approximate surface area is 222 Å². The first-order valence-electron chi connectivity index (χ1n) is 12.6. The second-order valence-electron chi connectivity index (χ2n) is 10.1. The lowest BCUT2D eigenvalue weighted by atomic mass is 9.88. The summed E-state index contributed by atoms with van der Waals surface area (Å²) in [6.45, 7) is 17.8. The fourth-order valence-corrected chi connectivity index (χ4v) is 5.38. The van der Waals surface area contributed by atoms with E-state index in [4.69, 9.17) is 0 Å². The number of benzene rings is 2. The summed E-state index contributed by atoms with van der Waals surface area (Å²) in [5.41, 5.74) is 6.59. The van der Waals surface area contributed by atoms with E-state index >= 15 is 0 Å². The number of hydrogen-bond acceptors (Lipinski definition) is 2. The van der Waals surface area contributed by atoms with Gasteiger partial charge in [-0.3, -0.25) is 18.7 Å². The number of hydrogen-bond donors (Lipinski definition) is 0. The molecule has 0 amide bonds. The highest BCUT2D eigenvalue weighted by molar-refractivity contribution is 6.09. The van der Waals surface area contributed by atoms with Crippen LogP contribution in [0.1, 0.15) is 46.0 Å². The lowest BCUT2D eigenvalue weighted by Crippen LogP contribution is -2.12. The molecular weight excluding hydrogens is 468 g/mol. The van der Waals surface area contributed by atoms with Crippen molar-refractivity contribution in [3.05, 3.63) is 127 Å². The third-order valence-corrected chi connectivity index (χ3v) is 7.15. The average molecular weight is 499 g/mol. The second kappa shape index (κ2) is 9.31. The van der Waals surface area contributed by atoms with Crippen LogP contribution in [0, 0.1) is 12.3 Å². The molecule has 1 aliphatic carbocycles. The van der Waals surface area contributed by atoms with Crippen molar-refractivity contribution in [3.8, 4) is 0 Å². The predicted octanol–water partition coefficient (Wildman–Crippen LogP) is 8.26. The monoisotopic (exact) mass is 498 g/mol. The molecule has 0 saturated heterocycles. The Morgan fingerprint density at radius 2 is 1.39 bits per heavy atom. The zero-order chi connectivity index (χ0) is 27.2. The van der Waals surface area contributed by atoms with Gasteiger partial charge in [-0.2, -0.15) is 0 Å². The third kappa shape index (κ3) is 3.86. The molecule has 4 nitrogen and oxygen atoms in total. The van der Waals surface area contributed by atoms with Gasteiger partial charge in [-0.15, -0.1) is 0 Å². The summed E-state index contributed by atoms with van der Waals surface area (Å²) in [6.07, 6.45) is 13.0. The minimum atomic E-state index is -0.290. The van der Waals surface area contributed by atoms with Gasteiger partial charge in [-0.1, -0.05) is 94.3 Å². The van der Waals surface area contributed by atoms with Gasteiger partial charge in [-0.25, -0.2) is 0 Å². The predicted molar refractivity (Wildman–Crippen MR) is 159 cm³/mol. The first-order valence-corrected chi connectivity index (χ1v) is 12.6. The summed E-state index contributed by atoms with van der Waals surface area (Å²) >= 11 is 0. The lowest BCUT2D eigenvalue weighted by molar-refractivity contribution is 0.0964. The van der Waals surface area contributed by atoms with Gasteiger partial charge in [0.15, 0.2) is 0 Å². The molecule has 0 radical (unpaired) electrons. The highest BCUT2D eigenvalue weighted by Crippen LogP contribution is 2.42. The Kier molecular flexibility index (Phi) is 6.12. The molecule has 0 aliphatic heterocycles. The molecule has 0 saturated carbocycles. The maximum atomic E-state index is 13.3. The molecule has 5 rings (SSSR count). The Balaban J connectivity index is 1.87. The minimum Gasteiger partial charge on any atom is -0.280 e. The van der Waals surface area contributed by atoms with E-state index in [1.165, 1.54) is 12.2 Å². The molecule has 0 fully saturated rings. The van der Waals surface area contributed by atoms with Gasteiger partial charge in [-0.05, 0) is 42.9 Å². The summed E-state index contributed by atoms with van der Waals surface area (Å²) in [7, 11) is 0. The molecule has 1 aliphatic rings. The van der Waals surface area contributed by atoms with Crippen molar-refractivity contribution >= 4 is 51.3 Å². The van der Waals surface area contributed by atoms with Crippen molar-refractivity contribution in [3.63, 3.8) is 0 Å². The summed E-state index contributed by atoms with van der Waals surface area (Å²) in [6, 6.07) is 15.7. The van der Waals surface area contributed by atoms with Gasteiger partial charge < -0.3 is 0 Å². The van der Waals surface area contributed by atoms with Crippen molar-refractivity contribution < 1.29 is 9.59 Å². The summed E-state index contributed by atoms with van der Waals surface area (Å²) in [5.74, 6) is -0.384. The van der Waals surface area contributed by atoms with Gasteiger partial charge >= 0.3 is 0 Å². The first kappa shape index (κ1) is 25.0. The van der Waals surface area contributed by atoms with Gasteiger partial charge in [0.25, 0.3) is 11.8 Å². The quantitative estimate of drug-likeness (QED) is 0.205. The van der Waals surface area contributed by atoms with E-state index in [1.54, 1.807) is 9.13 Å².